The highest BCUT2D eigenvalue weighted by molar-refractivity contribution is 5.85. The molecule has 0 radical (unpaired) electrons. The van der Waals surface area contributed by atoms with Gasteiger partial charge in [0, 0.05) is 43.3 Å². The fraction of sp³-hybridized carbons (Fsp3) is 0.409. The molecule has 0 aliphatic rings. The maximum absolute atomic E-state index is 5.24. The lowest BCUT2D eigenvalue weighted by Crippen LogP contribution is -2.45. The minimum atomic E-state index is 0. The van der Waals surface area contributed by atoms with Gasteiger partial charge in [0.25, 0.3) is 0 Å². The molecule has 6 heteroatoms. The Balaban J connectivity index is 0.00000392. The van der Waals surface area contributed by atoms with Gasteiger partial charge in [-0.1, -0.05) is 26.0 Å². The molecule has 1 unspecified atom stereocenters. The van der Waals surface area contributed by atoms with E-state index in [-0.39, 0.29) is 12.4 Å². The van der Waals surface area contributed by atoms with Gasteiger partial charge >= 0.3 is 0 Å². The van der Waals surface area contributed by atoms with Crippen molar-refractivity contribution < 1.29 is 4.74 Å². The van der Waals surface area contributed by atoms with Crippen LogP contribution in [0.3, 0.4) is 0 Å². The van der Waals surface area contributed by atoms with Gasteiger partial charge in [-0.05, 0) is 30.2 Å². The zero-order chi connectivity index (χ0) is 19.6. The summed E-state index contributed by atoms with van der Waals surface area (Å²) in [5.41, 5.74) is 3.30. The third kappa shape index (κ3) is 6.51. The SMILES string of the molecule is C=CCN(CC=C)C(CNCc1cn[nH]c1-c1ccc(OC)cc1)C(C)C.Cl. The predicted molar refractivity (Wildman–Crippen MR) is 120 cm³/mol. The molecule has 2 rings (SSSR count). The lowest BCUT2D eigenvalue weighted by molar-refractivity contribution is 0.184. The summed E-state index contributed by atoms with van der Waals surface area (Å²) in [4.78, 5) is 2.40. The van der Waals surface area contributed by atoms with Crippen LogP contribution in [0.2, 0.25) is 0 Å². The lowest BCUT2D eigenvalue weighted by Gasteiger charge is -2.33. The number of hydrogen-bond donors (Lipinski definition) is 2. The fourth-order valence-corrected chi connectivity index (χ4v) is 3.27. The molecule has 0 aliphatic carbocycles. The van der Waals surface area contributed by atoms with Crippen LogP contribution in [0.4, 0.5) is 0 Å². The van der Waals surface area contributed by atoms with E-state index < -0.39 is 0 Å². The van der Waals surface area contributed by atoms with Crippen LogP contribution in [0.15, 0.2) is 55.8 Å². The summed E-state index contributed by atoms with van der Waals surface area (Å²) in [5, 5.41) is 11.0. The molecule has 0 spiro atoms. The number of aromatic amines is 1. The molecular formula is C22H33ClN4O. The Hall–Kier alpha value is -2.08. The number of methoxy groups -OCH3 is 1. The second kappa shape index (κ2) is 12.4. The molecule has 0 amide bonds. The summed E-state index contributed by atoms with van der Waals surface area (Å²) < 4.78 is 5.24. The molecule has 1 atom stereocenters. The lowest BCUT2D eigenvalue weighted by atomic mass is 10.0. The van der Waals surface area contributed by atoms with E-state index in [4.69, 9.17) is 4.74 Å². The number of H-pyrrole nitrogens is 1. The van der Waals surface area contributed by atoms with Crippen molar-refractivity contribution in [3.63, 3.8) is 0 Å². The second-order valence-corrected chi connectivity index (χ2v) is 6.97. The van der Waals surface area contributed by atoms with E-state index in [0.717, 1.165) is 48.7 Å². The van der Waals surface area contributed by atoms with Crippen LogP contribution >= 0.6 is 12.4 Å². The normalized spacial score (nSPS) is 11.9. The minimum absolute atomic E-state index is 0. The molecule has 0 saturated carbocycles. The third-order valence-electron chi connectivity index (χ3n) is 4.73. The molecule has 2 aromatic rings. The molecule has 28 heavy (non-hydrogen) atoms. The van der Waals surface area contributed by atoms with Crippen molar-refractivity contribution in [2.75, 3.05) is 26.7 Å². The summed E-state index contributed by atoms with van der Waals surface area (Å²) >= 11 is 0. The van der Waals surface area contributed by atoms with Crippen molar-refractivity contribution in [2.24, 2.45) is 5.92 Å². The molecule has 0 bridgehead atoms. The summed E-state index contributed by atoms with van der Waals surface area (Å²) in [6, 6.07) is 8.43. The van der Waals surface area contributed by atoms with Crippen LogP contribution < -0.4 is 10.1 Å². The molecule has 0 saturated heterocycles. The van der Waals surface area contributed by atoms with Gasteiger partial charge in [0.05, 0.1) is 19.0 Å². The molecular weight excluding hydrogens is 372 g/mol. The summed E-state index contributed by atoms with van der Waals surface area (Å²) in [5.74, 6) is 1.38. The van der Waals surface area contributed by atoms with E-state index in [9.17, 15) is 0 Å². The van der Waals surface area contributed by atoms with E-state index in [0.29, 0.717) is 12.0 Å². The third-order valence-corrected chi connectivity index (χ3v) is 4.73. The average molecular weight is 405 g/mol. The smallest absolute Gasteiger partial charge is 0.118 e. The van der Waals surface area contributed by atoms with Crippen molar-refractivity contribution in [2.45, 2.75) is 26.4 Å². The highest BCUT2D eigenvalue weighted by Gasteiger charge is 2.20. The number of aromatic nitrogens is 2. The molecule has 0 aliphatic heterocycles. The van der Waals surface area contributed by atoms with E-state index in [1.165, 1.54) is 0 Å². The Morgan fingerprint density at radius 1 is 1.18 bits per heavy atom. The molecule has 1 heterocycles. The highest BCUT2D eigenvalue weighted by Crippen LogP contribution is 2.23. The molecule has 1 aromatic carbocycles. The van der Waals surface area contributed by atoms with Crippen LogP contribution in [0.1, 0.15) is 19.4 Å². The Kier molecular flexibility index (Phi) is 10.6. The largest absolute Gasteiger partial charge is 0.497 e. The first-order chi connectivity index (χ1) is 13.1. The van der Waals surface area contributed by atoms with Crippen LogP contribution in [0.25, 0.3) is 11.3 Å². The predicted octanol–water partition coefficient (Wildman–Crippen LogP) is 4.30. The second-order valence-electron chi connectivity index (χ2n) is 6.97. The zero-order valence-electron chi connectivity index (χ0n) is 17.1. The number of rotatable bonds is 12. The Morgan fingerprint density at radius 3 is 2.36 bits per heavy atom. The molecule has 1 aromatic heterocycles. The molecule has 0 fully saturated rings. The van der Waals surface area contributed by atoms with Crippen LogP contribution in [0, 0.1) is 5.92 Å². The molecule has 154 valence electrons. The zero-order valence-corrected chi connectivity index (χ0v) is 18.0. The molecule has 2 N–H and O–H groups in total. The first-order valence-electron chi connectivity index (χ1n) is 9.43. The van der Waals surface area contributed by atoms with E-state index in [1.54, 1.807) is 7.11 Å². The molecule has 5 nitrogen and oxygen atoms in total. The van der Waals surface area contributed by atoms with E-state index in [2.05, 4.69) is 47.4 Å². The van der Waals surface area contributed by atoms with Crippen LogP contribution in [0.5, 0.6) is 5.75 Å². The summed E-state index contributed by atoms with van der Waals surface area (Å²) in [7, 11) is 1.67. The van der Waals surface area contributed by atoms with Crippen molar-refractivity contribution in [1.29, 1.82) is 0 Å². The number of benzene rings is 1. The monoisotopic (exact) mass is 404 g/mol. The fourth-order valence-electron chi connectivity index (χ4n) is 3.27. The van der Waals surface area contributed by atoms with Gasteiger partial charge in [0.1, 0.15) is 5.75 Å². The average Bonchev–Trinajstić information content (AvgIpc) is 3.13. The number of hydrogen-bond acceptors (Lipinski definition) is 4. The summed E-state index contributed by atoms with van der Waals surface area (Å²) in [6.45, 7) is 15.7. The van der Waals surface area contributed by atoms with Gasteiger partial charge in [0.2, 0.25) is 0 Å². The Labute approximate surface area is 175 Å². The standard InChI is InChI=1S/C22H32N4O.ClH/c1-6-12-26(13-7-2)21(17(3)4)16-23-14-19-15-24-25-22(19)18-8-10-20(27-5)11-9-18;/h6-11,15,17,21,23H,1-2,12-14,16H2,3-5H3,(H,24,25);1H. The van der Waals surface area contributed by atoms with Crippen molar-refractivity contribution in [3.05, 3.63) is 61.3 Å². The number of ether oxygens (including phenoxy) is 1. The Morgan fingerprint density at radius 2 is 1.82 bits per heavy atom. The van der Waals surface area contributed by atoms with Gasteiger partial charge in [-0.25, -0.2) is 0 Å². The minimum Gasteiger partial charge on any atom is -0.497 e. The number of nitrogens with zero attached hydrogens (tertiary/aromatic N) is 2. The maximum atomic E-state index is 5.24. The van der Waals surface area contributed by atoms with E-state index in [1.807, 2.05) is 42.6 Å². The van der Waals surface area contributed by atoms with E-state index >= 15 is 0 Å². The maximum Gasteiger partial charge on any atom is 0.118 e. The highest BCUT2D eigenvalue weighted by atomic mass is 35.5. The van der Waals surface area contributed by atoms with Crippen LogP contribution in [-0.2, 0) is 6.54 Å². The van der Waals surface area contributed by atoms with Gasteiger partial charge < -0.3 is 10.1 Å². The van der Waals surface area contributed by atoms with Crippen molar-refractivity contribution >= 4 is 12.4 Å². The van der Waals surface area contributed by atoms with Gasteiger partial charge in [0.15, 0.2) is 0 Å². The van der Waals surface area contributed by atoms with Crippen molar-refractivity contribution in [3.8, 4) is 17.0 Å². The summed E-state index contributed by atoms with van der Waals surface area (Å²) in [6.07, 6.45) is 5.80. The topological polar surface area (TPSA) is 53.2 Å². The van der Waals surface area contributed by atoms with Crippen LogP contribution in [-0.4, -0.2) is 47.9 Å². The van der Waals surface area contributed by atoms with Gasteiger partial charge in [-0.2, -0.15) is 5.10 Å². The quantitative estimate of drug-likeness (QED) is 0.518. The van der Waals surface area contributed by atoms with Crippen molar-refractivity contribution in [1.82, 2.24) is 20.4 Å². The first-order valence-corrected chi connectivity index (χ1v) is 9.43. The number of halogens is 1. The Bertz CT molecular complexity index is 702. The van der Waals surface area contributed by atoms with Gasteiger partial charge in [-0.15, -0.1) is 25.6 Å². The number of nitrogens with one attached hydrogen (secondary N) is 2. The van der Waals surface area contributed by atoms with Gasteiger partial charge in [-0.3, -0.25) is 10.00 Å². The first kappa shape index (κ1) is 24.0.